The normalized spacial score (nSPS) is 16.0. The second kappa shape index (κ2) is 7.23. The van der Waals surface area contributed by atoms with Crippen LogP contribution in [-0.2, 0) is 6.18 Å². The topological polar surface area (TPSA) is 33.2 Å². The number of benzene rings is 1. The number of halogens is 5. The smallest absolute Gasteiger partial charge is 0.355 e. The minimum Gasteiger partial charge on any atom is -0.355 e. The van der Waals surface area contributed by atoms with E-state index in [2.05, 4.69) is 4.98 Å². The third-order valence-electron chi connectivity index (χ3n) is 4.44. The molecule has 1 aromatic carbocycles. The molecule has 0 spiro atoms. The van der Waals surface area contributed by atoms with Crippen LogP contribution in [0.2, 0.25) is 5.02 Å². The fourth-order valence-electron chi connectivity index (χ4n) is 3.02. The van der Waals surface area contributed by atoms with E-state index in [-0.39, 0.29) is 22.5 Å². The van der Waals surface area contributed by atoms with E-state index in [1.54, 1.807) is 4.90 Å². The molecule has 0 aliphatic carbocycles. The SMILES string of the molecule is O=C(c1ccc(F)cc1)C1CCN(c2ncc(C(F)(F)F)cc2Cl)CC1. The molecule has 0 unspecified atom stereocenters. The molecule has 2 heterocycles. The van der Waals surface area contributed by atoms with Crippen molar-refractivity contribution < 1.29 is 22.4 Å². The summed E-state index contributed by atoms with van der Waals surface area (Å²) >= 11 is 5.97. The molecular formula is C18H15ClF4N2O. The van der Waals surface area contributed by atoms with E-state index in [9.17, 15) is 22.4 Å². The Morgan fingerprint density at radius 1 is 1.15 bits per heavy atom. The lowest BCUT2D eigenvalue weighted by Gasteiger charge is -2.32. The average molecular weight is 387 g/mol. The molecule has 1 saturated heterocycles. The summed E-state index contributed by atoms with van der Waals surface area (Å²) in [6.45, 7) is 0.908. The first-order valence-electron chi connectivity index (χ1n) is 8.03. The molecule has 8 heteroatoms. The fraction of sp³-hybridized carbons (Fsp3) is 0.333. The molecule has 0 atom stereocenters. The summed E-state index contributed by atoms with van der Waals surface area (Å²) in [5.74, 6) is -0.396. The molecule has 138 valence electrons. The highest BCUT2D eigenvalue weighted by molar-refractivity contribution is 6.33. The minimum absolute atomic E-state index is 0.0591. The van der Waals surface area contributed by atoms with Crippen LogP contribution in [0, 0.1) is 11.7 Å². The molecule has 3 rings (SSSR count). The highest BCUT2D eigenvalue weighted by Gasteiger charge is 2.33. The number of aromatic nitrogens is 1. The number of alkyl halides is 3. The monoisotopic (exact) mass is 386 g/mol. The van der Waals surface area contributed by atoms with Crippen LogP contribution in [0.1, 0.15) is 28.8 Å². The number of carbonyl (C=O) groups is 1. The molecule has 0 saturated carbocycles. The second-order valence-corrected chi connectivity index (χ2v) is 6.57. The number of carbonyl (C=O) groups excluding carboxylic acids is 1. The van der Waals surface area contributed by atoms with Crippen LogP contribution in [0.15, 0.2) is 36.5 Å². The number of ketones is 1. The number of piperidine rings is 1. The van der Waals surface area contributed by atoms with Crippen LogP contribution in [0.4, 0.5) is 23.4 Å². The minimum atomic E-state index is -4.50. The van der Waals surface area contributed by atoms with Gasteiger partial charge in [-0.3, -0.25) is 4.79 Å². The zero-order valence-electron chi connectivity index (χ0n) is 13.6. The Kier molecular flexibility index (Phi) is 5.18. The molecule has 0 radical (unpaired) electrons. The lowest BCUT2D eigenvalue weighted by Crippen LogP contribution is -2.37. The van der Waals surface area contributed by atoms with Gasteiger partial charge in [0.15, 0.2) is 5.78 Å². The second-order valence-electron chi connectivity index (χ2n) is 6.16. The van der Waals surface area contributed by atoms with Crippen molar-refractivity contribution in [3.63, 3.8) is 0 Å². The summed E-state index contributed by atoms with van der Waals surface area (Å²) in [4.78, 5) is 18.1. The summed E-state index contributed by atoms with van der Waals surface area (Å²) in [7, 11) is 0. The van der Waals surface area contributed by atoms with E-state index >= 15 is 0 Å². The van der Waals surface area contributed by atoms with E-state index in [0.29, 0.717) is 31.5 Å². The predicted molar refractivity (Wildman–Crippen MR) is 89.9 cm³/mol. The summed E-state index contributed by atoms with van der Waals surface area (Å²) in [6, 6.07) is 6.26. The average Bonchev–Trinajstić information content (AvgIpc) is 2.61. The largest absolute Gasteiger partial charge is 0.417 e. The van der Waals surface area contributed by atoms with Gasteiger partial charge in [0.05, 0.1) is 10.6 Å². The number of anilines is 1. The van der Waals surface area contributed by atoms with Crippen LogP contribution in [0.5, 0.6) is 0 Å². The maximum Gasteiger partial charge on any atom is 0.417 e. The molecule has 1 aromatic heterocycles. The molecule has 0 amide bonds. The van der Waals surface area contributed by atoms with Crippen LogP contribution in [0.25, 0.3) is 0 Å². The van der Waals surface area contributed by atoms with Gasteiger partial charge in [0.2, 0.25) is 0 Å². The van der Waals surface area contributed by atoms with E-state index in [1.807, 2.05) is 0 Å². The molecule has 1 aliphatic heterocycles. The van der Waals surface area contributed by atoms with Gasteiger partial charge in [-0.1, -0.05) is 11.6 Å². The molecule has 3 nitrogen and oxygen atoms in total. The van der Waals surface area contributed by atoms with Gasteiger partial charge in [0.1, 0.15) is 11.6 Å². The van der Waals surface area contributed by atoms with Crippen LogP contribution in [0.3, 0.4) is 0 Å². The number of nitrogens with zero attached hydrogens (tertiary/aromatic N) is 2. The van der Waals surface area contributed by atoms with Gasteiger partial charge >= 0.3 is 6.18 Å². The zero-order chi connectivity index (χ0) is 18.9. The van der Waals surface area contributed by atoms with E-state index in [1.165, 1.54) is 24.3 Å². The van der Waals surface area contributed by atoms with Crippen LogP contribution in [-0.4, -0.2) is 23.9 Å². The summed E-state index contributed by atoms with van der Waals surface area (Å²) < 4.78 is 51.0. The fourth-order valence-corrected chi connectivity index (χ4v) is 3.31. The number of hydrogen-bond acceptors (Lipinski definition) is 3. The predicted octanol–water partition coefficient (Wildman–Crippen LogP) is 4.99. The van der Waals surface area contributed by atoms with Crippen LogP contribution >= 0.6 is 11.6 Å². The standard InChI is InChI=1S/C18H15ClF4N2O/c19-15-9-13(18(21,22)23)10-24-17(15)25-7-5-12(6-8-25)16(26)11-1-3-14(20)4-2-11/h1-4,9-10,12H,5-8H2. The third kappa shape index (κ3) is 3.98. The van der Waals surface area contributed by atoms with E-state index in [0.717, 1.165) is 12.3 Å². The molecule has 0 N–H and O–H groups in total. The molecule has 1 aliphatic rings. The van der Waals surface area contributed by atoms with Crippen LogP contribution < -0.4 is 4.90 Å². The van der Waals surface area contributed by atoms with Gasteiger partial charge in [-0.15, -0.1) is 0 Å². The molecule has 1 fully saturated rings. The van der Waals surface area contributed by atoms with Crippen molar-refractivity contribution in [1.29, 1.82) is 0 Å². The molecule has 0 bridgehead atoms. The Morgan fingerprint density at radius 2 is 1.77 bits per heavy atom. The third-order valence-corrected chi connectivity index (χ3v) is 4.72. The van der Waals surface area contributed by atoms with E-state index in [4.69, 9.17) is 11.6 Å². The number of Topliss-reactive ketones (excluding diaryl/α,β-unsaturated/α-hetero) is 1. The van der Waals surface area contributed by atoms with Crippen molar-refractivity contribution in [2.24, 2.45) is 5.92 Å². The molecule has 2 aromatic rings. The van der Waals surface area contributed by atoms with Gasteiger partial charge in [0, 0.05) is 30.8 Å². The first kappa shape index (κ1) is 18.6. The highest BCUT2D eigenvalue weighted by Crippen LogP contribution is 2.35. The zero-order valence-corrected chi connectivity index (χ0v) is 14.3. The Labute approximate surface area is 152 Å². The Morgan fingerprint density at radius 3 is 2.31 bits per heavy atom. The highest BCUT2D eigenvalue weighted by atomic mass is 35.5. The summed E-state index contributed by atoms with van der Waals surface area (Å²) in [5.41, 5.74) is -0.442. The maximum absolute atomic E-state index is 13.0. The van der Waals surface area contributed by atoms with Gasteiger partial charge in [-0.05, 0) is 43.2 Å². The van der Waals surface area contributed by atoms with Crippen molar-refractivity contribution in [3.05, 3.63) is 58.5 Å². The number of pyridine rings is 1. The molecule has 26 heavy (non-hydrogen) atoms. The number of hydrogen-bond donors (Lipinski definition) is 0. The van der Waals surface area contributed by atoms with Crippen molar-refractivity contribution in [2.75, 3.05) is 18.0 Å². The van der Waals surface area contributed by atoms with Gasteiger partial charge < -0.3 is 4.90 Å². The molecular weight excluding hydrogens is 372 g/mol. The van der Waals surface area contributed by atoms with E-state index < -0.39 is 17.6 Å². The first-order valence-corrected chi connectivity index (χ1v) is 8.41. The Bertz CT molecular complexity index is 800. The lowest BCUT2D eigenvalue weighted by atomic mass is 9.89. The van der Waals surface area contributed by atoms with Crippen molar-refractivity contribution in [2.45, 2.75) is 19.0 Å². The Balaban J connectivity index is 1.67. The van der Waals surface area contributed by atoms with Crippen molar-refractivity contribution in [1.82, 2.24) is 4.98 Å². The summed E-state index contributed by atoms with van der Waals surface area (Å²) in [5, 5.41) is -0.0665. The van der Waals surface area contributed by atoms with Crippen molar-refractivity contribution >= 4 is 23.2 Å². The summed E-state index contributed by atoms with van der Waals surface area (Å²) in [6.07, 6.45) is -2.69. The van der Waals surface area contributed by atoms with Gasteiger partial charge in [-0.2, -0.15) is 13.2 Å². The van der Waals surface area contributed by atoms with Gasteiger partial charge in [-0.25, -0.2) is 9.37 Å². The van der Waals surface area contributed by atoms with Gasteiger partial charge in [0.25, 0.3) is 0 Å². The number of rotatable bonds is 3. The maximum atomic E-state index is 13.0. The Hall–Kier alpha value is -2.15. The quantitative estimate of drug-likeness (QED) is 0.550. The van der Waals surface area contributed by atoms with Crippen molar-refractivity contribution in [3.8, 4) is 0 Å². The lowest BCUT2D eigenvalue weighted by molar-refractivity contribution is -0.137. The first-order chi connectivity index (χ1) is 12.3.